The number of fused-ring (bicyclic) bond motifs is 1. The van der Waals surface area contributed by atoms with Crippen molar-refractivity contribution in [2.45, 2.75) is 18.9 Å². The van der Waals surface area contributed by atoms with Gasteiger partial charge in [0.1, 0.15) is 0 Å². The van der Waals surface area contributed by atoms with Crippen molar-refractivity contribution in [3.8, 4) is 11.5 Å². The highest BCUT2D eigenvalue weighted by Gasteiger charge is 2.26. The van der Waals surface area contributed by atoms with Crippen molar-refractivity contribution in [3.63, 3.8) is 0 Å². The normalized spacial score (nSPS) is 13.8. The van der Waals surface area contributed by atoms with Gasteiger partial charge in [-0.15, -0.1) is 12.4 Å². The Bertz CT molecular complexity index is 469. The molecule has 0 aliphatic carbocycles. The summed E-state index contributed by atoms with van der Waals surface area (Å²) in [5.41, 5.74) is 11.8. The molecule has 0 radical (unpaired) electrons. The number of nitrogens with two attached hydrogens (primary N) is 2. The number of halogens is 1. The molecule has 1 aromatic rings. The van der Waals surface area contributed by atoms with E-state index in [9.17, 15) is 10.1 Å². The van der Waals surface area contributed by atoms with Crippen molar-refractivity contribution in [2.24, 2.45) is 11.5 Å². The number of hydrogen-bond acceptors (Lipinski definition) is 6. The minimum absolute atomic E-state index is 0. The summed E-state index contributed by atoms with van der Waals surface area (Å²) in [5, 5.41) is 11.0. The Morgan fingerprint density at radius 3 is 2.58 bits per heavy atom. The van der Waals surface area contributed by atoms with Crippen LogP contribution in [0, 0.1) is 10.1 Å². The molecular weight excluding hydrogens is 274 g/mol. The number of nitro groups is 1. The zero-order valence-electron chi connectivity index (χ0n) is 10.2. The summed E-state index contributed by atoms with van der Waals surface area (Å²) in [6, 6.07) is 2.52. The van der Waals surface area contributed by atoms with Crippen LogP contribution in [0.25, 0.3) is 0 Å². The molecule has 0 fully saturated rings. The number of hydrogen-bond donors (Lipinski definition) is 2. The van der Waals surface area contributed by atoms with E-state index < -0.39 is 11.0 Å². The lowest BCUT2D eigenvalue weighted by Crippen LogP contribution is -2.14. The largest absolute Gasteiger partial charge is 0.454 e. The third-order valence-electron chi connectivity index (χ3n) is 2.84. The first-order valence-electron chi connectivity index (χ1n) is 5.67. The van der Waals surface area contributed by atoms with Gasteiger partial charge >= 0.3 is 0 Å². The van der Waals surface area contributed by atoms with E-state index in [0.717, 1.165) is 0 Å². The van der Waals surface area contributed by atoms with Crippen LogP contribution in [-0.2, 0) is 0 Å². The fourth-order valence-corrected chi connectivity index (χ4v) is 1.90. The minimum Gasteiger partial charge on any atom is -0.454 e. The van der Waals surface area contributed by atoms with E-state index in [4.69, 9.17) is 20.9 Å². The molecule has 0 aromatic heterocycles. The maximum Gasteiger partial charge on any atom is 0.278 e. The third kappa shape index (κ3) is 3.25. The summed E-state index contributed by atoms with van der Waals surface area (Å²) in [5.74, 6) is 0.885. The van der Waals surface area contributed by atoms with Crippen LogP contribution in [0.3, 0.4) is 0 Å². The van der Waals surface area contributed by atoms with Crippen LogP contribution in [0.2, 0.25) is 0 Å². The number of benzene rings is 1. The van der Waals surface area contributed by atoms with E-state index in [1.165, 1.54) is 6.07 Å². The molecule has 1 atom stereocenters. The highest BCUT2D eigenvalue weighted by molar-refractivity contribution is 5.85. The summed E-state index contributed by atoms with van der Waals surface area (Å²) in [4.78, 5) is 10.6. The van der Waals surface area contributed by atoms with Gasteiger partial charge in [-0.1, -0.05) is 0 Å². The monoisotopic (exact) mass is 289 g/mol. The molecule has 7 nitrogen and oxygen atoms in total. The lowest BCUT2D eigenvalue weighted by atomic mass is 10.0. The van der Waals surface area contributed by atoms with Crippen LogP contribution >= 0.6 is 12.4 Å². The van der Waals surface area contributed by atoms with Gasteiger partial charge in [-0.3, -0.25) is 10.1 Å². The molecule has 0 bridgehead atoms. The van der Waals surface area contributed by atoms with E-state index in [-0.39, 0.29) is 24.9 Å². The fraction of sp³-hybridized carbons (Fsp3) is 0.455. The molecule has 1 aliphatic rings. The molecule has 0 spiro atoms. The maximum absolute atomic E-state index is 11.0. The van der Waals surface area contributed by atoms with Crippen molar-refractivity contribution in [1.82, 2.24) is 0 Å². The Balaban J connectivity index is 0.00000180. The van der Waals surface area contributed by atoms with E-state index in [1.54, 1.807) is 6.07 Å². The van der Waals surface area contributed by atoms with E-state index in [1.807, 2.05) is 0 Å². The molecule has 1 aliphatic heterocycles. The number of nitrogens with zero attached hydrogens (tertiary/aromatic N) is 1. The molecule has 19 heavy (non-hydrogen) atoms. The second kappa shape index (κ2) is 6.55. The second-order valence-electron chi connectivity index (χ2n) is 4.06. The molecule has 1 heterocycles. The summed E-state index contributed by atoms with van der Waals surface area (Å²) >= 11 is 0. The first kappa shape index (κ1) is 15.5. The Morgan fingerprint density at radius 1 is 1.37 bits per heavy atom. The van der Waals surface area contributed by atoms with Crippen molar-refractivity contribution in [2.75, 3.05) is 13.3 Å². The maximum atomic E-state index is 11.0. The van der Waals surface area contributed by atoms with Gasteiger partial charge in [-0.2, -0.15) is 0 Å². The first-order valence-corrected chi connectivity index (χ1v) is 5.67. The summed E-state index contributed by atoms with van der Waals surface area (Å²) in [6.07, 6.45) is 1.31. The summed E-state index contributed by atoms with van der Waals surface area (Å²) in [6.45, 7) is 0.583. The van der Waals surface area contributed by atoms with Gasteiger partial charge < -0.3 is 20.9 Å². The SMILES string of the molecule is Cl.NCCC[C@@H](N)c1cc2c(cc1[N+](=O)[O-])OCO2. The van der Waals surface area contributed by atoms with Gasteiger partial charge in [-0.25, -0.2) is 0 Å². The Labute approximate surface area is 116 Å². The van der Waals surface area contributed by atoms with Crippen LogP contribution in [0.5, 0.6) is 11.5 Å². The van der Waals surface area contributed by atoms with Crippen LogP contribution < -0.4 is 20.9 Å². The Morgan fingerprint density at radius 2 is 2.00 bits per heavy atom. The third-order valence-corrected chi connectivity index (χ3v) is 2.84. The average Bonchev–Trinajstić information content (AvgIpc) is 2.81. The zero-order valence-corrected chi connectivity index (χ0v) is 11.0. The zero-order chi connectivity index (χ0) is 13.1. The molecule has 8 heteroatoms. The minimum atomic E-state index is -0.459. The average molecular weight is 290 g/mol. The Hall–Kier alpha value is -1.57. The van der Waals surface area contributed by atoms with E-state index in [2.05, 4.69) is 0 Å². The number of nitro benzene ring substituents is 1. The molecule has 0 saturated carbocycles. The summed E-state index contributed by atoms with van der Waals surface area (Å²) < 4.78 is 10.3. The molecule has 0 amide bonds. The number of ether oxygens (including phenoxy) is 2. The number of rotatable bonds is 5. The van der Waals surface area contributed by atoms with Crippen molar-refractivity contribution >= 4 is 18.1 Å². The predicted molar refractivity (Wildman–Crippen MR) is 71.7 cm³/mol. The topological polar surface area (TPSA) is 114 Å². The smallest absolute Gasteiger partial charge is 0.278 e. The quantitative estimate of drug-likeness (QED) is 0.627. The van der Waals surface area contributed by atoms with Gasteiger partial charge in [0.2, 0.25) is 6.79 Å². The molecule has 106 valence electrons. The van der Waals surface area contributed by atoms with E-state index in [0.29, 0.717) is 36.4 Å². The van der Waals surface area contributed by atoms with Gasteiger partial charge in [-0.05, 0) is 25.5 Å². The van der Waals surface area contributed by atoms with Crippen molar-refractivity contribution in [3.05, 3.63) is 27.8 Å². The van der Waals surface area contributed by atoms with Crippen LogP contribution in [0.1, 0.15) is 24.4 Å². The molecule has 2 rings (SSSR count). The van der Waals surface area contributed by atoms with Gasteiger partial charge in [0.05, 0.1) is 16.6 Å². The molecule has 4 N–H and O–H groups in total. The van der Waals surface area contributed by atoms with Crippen molar-refractivity contribution in [1.29, 1.82) is 0 Å². The fourth-order valence-electron chi connectivity index (χ4n) is 1.90. The van der Waals surface area contributed by atoms with Gasteiger partial charge in [0, 0.05) is 6.04 Å². The highest BCUT2D eigenvalue weighted by Crippen LogP contribution is 2.40. The second-order valence-corrected chi connectivity index (χ2v) is 4.06. The van der Waals surface area contributed by atoms with Crippen LogP contribution in [-0.4, -0.2) is 18.3 Å². The Kier molecular flexibility index (Phi) is 5.34. The van der Waals surface area contributed by atoms with Crippen LogP contribution in [0.4, 0.5) is 5.69 Å². The van der Waals surface area contributed by atoms with Gasteiger partial charge in [0.15, 0.2) is 11.5 Å². The van der Waals surface area contributed by atoms with Crippen molar-refractivity contribution < 1.29 is 14.4 Å². The van der Waals surface area contributed by atoms with Gasteiger partial charge in [0.25, 0.3) is 5.69 Å². The van der Waals surface area contributed by atoms with Crippen LogP contribution in [0.15, 0.2) is 12.1 Å². The highest BCUT2D eigenvalue weighted by atomic mass is 35.5. The molecule has 0 saturated heterocycles. The molecule has 1 aromatic carbocycles. The van der Waals surface area contributed by atoms with E-state index >= 15 is 0 Å². The lowest BCUT2D eigenvalue weighted by molar-refractivity contribution is -0.385. The lowest BCUT2D eigenvalue weighted by Gasteiger charge is -2.12. The molecular formula is C11H16ClN3O4. The molecule has 0 unspecified atom stereocenters. The standard InChI is InChI=1S/C11H15N3O4.ClH/c12-3-1-2-8(13)7-4-10-11(18-6-17-10)5-9(7)14(15)16;/h4-5,8H,1-3,6,12-13H2;1H/t8-;/m1./s1. The predicted octanol–water partition coefficient (Wildman–Crippen LogP) is 1.48. The summed E-state index contributed by atoms with van der Waals surface area (Å²) in [7, 11) is 0. The first-order chi connectivity index (χ1) is 8.63.